The lowest BCUT2D eigenvalue weighted by molar-refractivity contribution is 0.0758. The van der Waals surface area contributed by atoms with Gasteiger partial charge in [0.1, 0.15) is 0 Å². The number of hydrogen-bond donors (Lipinski definition) is 1. The van der Waals surface area contributed by atoms with Gasteiger partial charge in [-0.05, 0) is 56.0 Å². The van der Waals surface area contributed by atoms with Gasteiger partial charge in [0.05, 0.1) is 0 Å². The van der Waals surface area contributed by atoms with Crippen LogP contribution in [0.3, 0.4) is 0 Å². The highest BCUT2D eigenvalue weighted by atomic mass is 35.5. The third-order valence-electron chi connectivity index (χ3n) is 4.38. The smallest absolute Gasteiger partial charge is 0.253 e. The molecule has 1 aromatic carbocycles. The SMILES string of the molecule is Cl.O=C(c1cccc(Cl)c1)N1CC[C@@H]2CNC[C@@H]2CC1. The van der Waals surface area contributed by atoms with Crippen molar-refractivity contribution >= 4 is 29.9 Å². The van der Waals surface area contributed by atoms with Gasteiger partial charge in [-0.2, -0.15) is 0 Å². The van der Waals surface area contributed by atoms with E-state index in [1.807, 2.05) is 17.0 Å². The molecule has 2 atom stereocenters. The third-order valence-corrected chi connectivity index (χ3v) is 4.61. The Balaban J connectivity index is 0.00000147. The summed E-state index contributed by atoms with van der Waals surface area (Å²) in [5.41, 5.74) is 0.706. The van der Waals surface area contributed by atoms with E-state index >= 15 is 0 Å². The zero-order chi connectivity index (χ0) is 13.2. The van der Waals surface area contributed by atoms with Gasteiger partial charge in [0.25, 0.3) is 5.91 Å². The lowest BCUT2D eigenvalue weighted by Crippen LogP contribution is -2.32. The predicted octanol–water partition coefficient (Wildman–Crippen LogP) is 2.83. The lowest BCUT2D eigenvalue weighted by Gasteiger charge is -2.21. The van der Waals surface area contributed by atoms with Crippen LogP contribution >= 0.6 is 24.0 Å². The van der Waals surface area contributed by atoms with E-state index in [0.717, 1.165) is 50.9 Å². The van der Waals surface area contributed by atoms with E-state index in [1.54, 1.807) is 12.1 Å². The van der Waals surface area contributed by atoms with Gasteiger partial charge in [0.2, 0.25) is 0 Å². The van der Waals surface area contributed by atoms with Crippen molar-refractivity contribution in [1.82, 2.24) is 10.2 Å². The summed E-state index contributed by atoms with van der Waals surface area (Å²) < 4.78 is 0. The van der Waals surface area contributed by atoms with Crippen molar-refractivity contribution in [2.24, 2.45) is 11.8 Å². The van der Waals surface area contributed by atoms with Crippen molar-refractivity contribution in [3.8, 4) is 0 Å². The molecule has 0 radical (unpaired) electrons. The normalized spacial score (nSPS) is 25.6. The van der Waals surface area contributed by atoms with Gasteiger partial charge in [-0.25, -0.2) is 0 Å². The summed E-state index contributed by atoms with van der Waals surface area (Å²) in [5, 5.41) is 4.08. The van der Waals surface area contributed by atoms with E-state index in [9.17, 15) is 4.79 Å². The minimum atomic E-state index is 0. The Kier molecular flexibility index (Phi) is 5.30. The number of hydrogen-bond acceptors (Lipinski definition) is 2. The van der Waals surface area contributed by atoms with Crippen LogP contribution in [0.4, 0.5) is 0 Å². The van der Waals surface area contributed by atoms with Gasteiger partial charge in [0.15, 0.2) is 0 Å². The molecule has 20 heavy (non-hydrogen) atoms. The summed E-state index contributed by atoms with van der Waals surface area (Å²) in [6.45, 7) is 3.97. The highest BCUT2D eigenvalue weighted by Crippen LogP contribution is 2.27. The monoisotopic (exact) mass is 314 g/mol. The van der Waals surface area contributed by atoms with Crippen molar-refractivity contribution in [3.63, 3.8) is 0 Å². The number of rotatable bonds is 1. The molecule has 3 rings (SSSR count). The van der Waals surface area contributed by atoms with E-state index in [4.69, 9.17) is 11.6 Å². The molecule has 0 unspecified atom stereocenters. The second-order valence-corrected chi connectivity index (χ2v) is 5.99. The molecule has 0 spiro atoms. The fraction of sp³-hybridized carbons (Fsp3) is 0.533. The quantitative estimate of drug-likeness (QED) is 0.864. The Bertz CT molecular complexity index is 467. The Morgan fingerprint density at radius 1 is 1.20 bits per heavy atom. The number of fused-ring (bicyclic) bond motifs is 1. The maximum absolute atomic E-state index is 12.5. The zero-order valence-electron chi connectivity index (χ0n) is 11.3. The van der Waals surface area contributed by atoms with Crippen molar-refractivity contribution in [1.29, 1.82) is 0 Å². The number of carbonyl (C=O) groups is 1. The molecular formula is C15H20Cl2N2O. The zero-order valence-corrected chi connectivity index (χ0v) is 12.9. The molecule has 5 heteroatoms. The molecule has 0 aromatic heterocycles. The van der Waals surface area contributed by atoms with Crippen LogP contribution in [0.15, 0.2) is 24.3 Å². The summed E-state index contributed by atoms with van der Waals surface area (Å²) in [5.74, 6) is 1.62. The number of benzene rings is 1. The Morgan fingerprint density at radius 3 is 2.45 bits per heavy atom. The van der Waals surface area contributed by atoms with Crippen LogP contribution in [0.5, 0.6) is 0 Å². The van der Waals surface area contributed by atoms with Crippen molar-refractivity contribution in [2.75, 3.05) is 26.2 Å². The predicted molar refractivity (Wildman–Crippen MR) is 83.7 cm³/mol. The van der Waals surface area contributed by atoms with Crippen LogP contribution in [-0.4, -0.2) is 37.0 Å². The molecular weight excluding hydrogens is 295 g/mol. The van der Waals surface area contributed by atoms with Crippen LogP contribution < -0.4 is 5.32 Å². The van der Waals surface area contributed by atoms with E-state index in [1.165, 1.54) is 0 Å². The van der Waals surface area contributed by atoms with E-state index in [-0.39, 0.29) is 18.3 Å². The molecule has 2 aliphatic rings. The van der Waals surface area contributed by atoms with Crippen LogP contribution in [0.2, 0.25) is 5.02 Å². The molecule has 3 nitrogen and oxygen atoms in total. The topological polar surface area (TPSA) is 32.3 Å². The molecule has 2 saturated heterocycles. The maximum atomic E-state index is 12.5. The summed E-state index contributed by atoms with van der Waals surface area (Å²) in [6, 6.07) is 7.25. The van der Waals surface area contributed by atoms with E-state index < -0.39 is 0 Å². The van der Waals surface area contributed by atoms with Gasteiger partial charge >= 0.3 is 0 Å². The molecule has 0 bridgehead atoms. The lowest BCUT2D eigenvalue weighted by atomic mass is 9.92. The molecule has 2 fully saturated rings. The first-order valence-electron chi connectivity index (χ1n) is 6.99. The van der Waals surface area contributed by atoms with E-state index in [0.29, 0.717) is 10.6 Å². The maximum Gasteiger partial charge on any atom is 0.253 e. The molecule has 1 amide bonds. The minimum absolute atomic E-state index is 0. The van der Waals surface area contributed by atoms with Gasteiger partial charge in [-0.3, -0.25) is 4.79 Å². The van der Waals surface area contributed by atoms with Crippen LogP contribution in [0.1, 0.15) is 23.2 Å². The van der Waals surface area contributed by atoms with Gasteiger partial charge in [0, 0.05) is 23.7 Å². The average molecular weight is 315 g/mol. The number of likely N-dealkylation sites (tertiary alicyclic amines) is 1. The van der Waals surface area contributed by atoms with E-state index in [2.05, 4.69) is 5.32 Å². The summed E-state index contributed by atoms with van der Waals surface area (Å²) in [6.07, 6.45) is 2.23. The first kappa shape index (κ1) is 15.6. The molecule has 0 saturated carbocycles. The van der Waals surface area contributed by atoms with Crippen LogP contribution in [0.25, 0.3) is 0 Å². The first-order chi connectivity index (χ1) is 9.24. The summed E-state index contributed by atoms with van der Waals surface area (Å²) >= 11 is 5.96. The fourth-order valence-electron chi connectivity index (χ4n) is 3.23. The van der Waals surface area contributed by atoms with Gasteiger partial charge < -0.3 is 10.2 Å². The van der Waals surface area contributed by atoms with Crippen molar-refractivity contribution in [3.05, 3.63) is 34.9 Å². The number of halogens is 2. The van der Waals surface area contributed by atoms with Crippen molar-refractivity contribution < 1.29 is 4.79 Å². The summed E-state index contributed by atoms with van der Waals surface area (Å²) in [7, 11) is 0. The highest BCUT2D eigenvalue weighted by molar-refractivity contribution is 6.30. The molecule has 110 valence electrons. The molecule has 1 aromatic rings. The summed E-state index contributed by atoms with van der Waals surface area (Å²) in [4.78, 5) is 14.5. The fourth-order valence-corrected chi connectivity index (χ4v) is 3.42. The second kappa shape index (κ2) is 6.79. The van der Waals surface area contributed by atoms with Gasteiger partial charge in [-0.1, -0.05) is 17.7 Å². The largest absolute Gasteiger partial charge is 0.339 e. The van der Waals surface area contributed by atoms with Crippen LogP contribution in [0, 0.1) is 11.8 Å². The number of amides is 1. The highest BCUT2D eigenvalue weighted by Gasteiger charge is 2.31. The minimum Gasteiger partial charge on any atom is -0.339 e. The number of nitrogens with zero attached hydrogens (tertiary/aromatic N) is 1. The van der Waals surface area contributed by atoms with Gasteiger partial charge in [-0.15, -0.1) is 12.4 Å². The Labute approximate surface area is 131 Å². The molecule has 0 aliphatic carbocycles. The second-order valence-electron chi connectivity index (χ2n) is 5.56. The number of nitrogens with one attached hydrogen (secondary N) is 1. The molecule has 1 N–H and O–H groups in total. The standard InChI is InChI=1S/C15H19ClN2O.ClH/c16-14-3-1-2-11(8-14)15(19)18-6-4-12-9-17-10-13(12)5-7-18;/h1-3,8,12-13,17H,4-7,9-10H2;1H/t12-,13+;. The first-order valence-corrected chi connectivity index (χ1v) is 7.37. The number of carbonyl (C=O) groups excluding carboxylic acids is 1. The third kappa shape index (κ3) is 3.27. The Morgan fingerprint density at radius 2 is 1.85 bits per heavy atom. The van der Waals surface area contributed by atoms with Crippen LogP contribution in [-0.2, 0) is 0 Å². The Hall–Kier alpha value is -0.770. The molecule has 2 aliphatic heterocycles. The van der Waals surface area contributed by atoms with Crippen molar-refractivity contribution in [2.45, 2.75) is 12.8 Å². The average Bonchev–Trinajstić information content (AvgIpc) is 2.77. The molecule has 2 heterocycles.